The van der Waals surface area contributed by atoms with Gasteiger partial charge in [0.15, 0.2) is 0 Å². The van der Waals surface area contributed by atoms with E-state index >= 15 is 0 Å². The molecule has 4 rings (SSSR count). The lowest BCUT2D eigenvalue weighted by atomic mass is 10.1. The maximum atomic E-state index is 12.5. The van der Waals surface area contributed by atoms with Gasteiger partial charge in [0, 0.05) is 30.3 Å². The highest BCUT2D eigenvalue weighted by Crippen LogP contribution is 2.24. The summed E-state index contributed by atoms with van der Waals surface area (Å²) in [5.74, 6) is 0.677. The van der Waals surface area contributed by atoms with E-state index in [1.54, 1.807) is 4.90 Å². The molecule has 0 unspecified atom stereocenters. The fourth-order valence-electron chi connectivity index (χ4n) is 3.84. The van der Waals surface area contributed by atoms with Crippen molar-refractivity contribution in [3.05, 3.63) is 77.6 Å². The molecule has 2 N–H and O–H groups in total. The molecule has 0 bridgehead atoms. The summed E-state index contributed by atoms with van der Waals surface area (Å²) in [5.41, 5.74) is 3.48. The molecule has 8 heteroatoms. The lowest BCUT2D eigenvalue weighted by Crippen LogP contribution is -2.49. The molecular formula is C25H28N4O4. The Balaban J connectivity index is 1.21. The van der Waals surface area contributed by atoms with Crippen LogP contribution in [0.15, 0.2) is 65.2 Å². The van der Waals surface area contributed by atoms with E-state index in [0.717, 1.165) is 22.4 Å². The Kier molecular flexibility index (Phi) is 7.24. The Morgan fingerprint density at radius 2 is 1.73 bits per heavy atom. The van der Waals surface area contributed by atoms with Gasteiger partial charge >= 0.3 is 12.1 Å². The van der Waals surface area contributed by atoms with Crippen LogP contribution in [0.25, 0.3) is 11.3 Å². The van der Waals surface area contributed by atoms with Crippen molar-refractivity contribution in [2.75, 3.05) is 13.1 Å². The third-order valence-corrected chi connectivity index (χ3v) is 5.75. The summed E-state index contributed by atoms with van der Waals surface area (Å²) < 4.78 is 10.7. The molecular weight excluding hydrogens is 420 g/mol. The number of hydrogen-bond acceptors (Lipinski definition) is 5. The maximum Gasteiger partial charge on any atom is 0.410 e. The molecule has 0 aliphatic carbocycles. The molecule has 3 aromatic rings. The van der Waals surface area contributed by atoms with Gasteiger partial charge in [0.1, 0.15) is 18.1 Å². The van der Waals surface area contributed by atoms with E-state index in [1.165, 1.54) is 0 Å². The lowest BCUT2D eigenvalue weighted by Gasteiger charge is -2.31. The maximum absolute atomic E-state index is 12.5. The summed E-state index contributed by atoms with van der Waals surface area (Å²) >= 11 is 0. The Labute approximate surface area is 192 Å². The van der Waals surface area contributed by atoms with Gasteiger partial charge in [0.05, 0.1) is 6.54 Å². The van der Waals surface area contributed by atoms with Gasteiger partial charge in [-0.3, -0.25) is 0 Å². The topological polar surface area (TPSA) is 96.7 Å². The van der Waals surface area contributed by atoms with E-state index in [4.69, 9.17) is 9.26 Å². The van der Waals surface area contributed by atoms with Crippen LogP contribution in [0, 0.1) is 6.92 Å². The molecule has 0 saturated carbocycles. The predicted molar refractivity (Wildman–Crippen MR) is 123 cm³/mol. The van der Waals surface area contributed by atoms with Crippen LogP contribution in [0.1, 0.15) is 29.7 Å². The van der Waals surface area contributed by atoms with Crippen LogP contribution in [-0.4, -0.2) is 41.3 Å². The zero-order valence-corrected chi connectivity index (χ0v) is 18.6. The molecule has 1 fully saturated rings. The molecule has 2 heterocycles. The van der Waals surface area contributed by atoms with Gasteiger partial charge in [-0.05, 0) is 25.3 Å². The lowest BCUT2D eigenvalue weighted by molar-refractivity contribution is 0.0859. The Morgan fingerprint density at radius 3 is 2.42 bits per heavy atom. The van der Waals surface area contributed by atoms with Crippen LogP contribution in [0.3, 0.4) is 0 Å². The van der Waals surface area contributed by atoms with Crippen molar-refractivity contribution >= 4 is 12.1 Å². The van der Waals surface area contributed by atoms with Crippen molar-refractivity contribution in [2.24, 2.45) is 0 Å². The average Bonchev–Trinajstić information content (AvgIpc) is 3.23. The van der Waals surface area contributed by atoms with Crippen LogP contribution in [0.5, 0.6) is 0 Å². The van der Waals surface area contributed by atoms with Crippen LogP contribution < -0.4 is 10.6 Å². The van der Waals surface area contributed by atoms with E-state index in [9.17, 15) is 9.59 Å². The predicted octanol–water partition coefficient (Wildman–Crippen LogP) is 4.25. The van der Waals surface area contributed by atoms with E-state index in [2.05, 4.69) is 15.8 Å². The van der Waals surface area contributed by atoms with Gasteiger partial charge in [-0.15, -0.1) is 0 Å². The minimum atomic E-state index is -0.321. The molecule has 0 spiro atoms. The van der Waals surface area contributed by atoms with E-state index in [0.29, 0.717) is 38.2 Å². The Hall–Kier alpha value is -3.81. The number of benzene rings is 2. The van der Waals surface area contributed by atoms with Crippen LogP contribution in [0.4, 0.5) is 9.59 Å². The standard InChI is InChI=1S/C25H28N4O4/c1-18-22(23(28-33-18)20-10-6-3-7-11-20)16-26-24(30)27-21-12-14-29(15-13-21)25(31)32-17-19-8-4-2-5-9-19/h2-11,21H,12-17H2,1H3,(H2,26,27,30). The first kappa shape index (κ1) is 22.4. The highest BCUT2D eigenvalue weighted by atomic mass is 16.6. The zero-order chi connectivity index (χ0) is 23.0. The first-order valence-corrected chi connectivity index (χ1v) is 11.1. The molecule has 3 amide bonds. The first-order valence-electron chi connectivity index (χ1n) is 11.1. The Morgan fingerprint density at radius 1 is 1.06 bits per heavy atom. The highest BCUT2D eigenvalue weighted by molar-refractivity contribution is 5.75. The summed E-state index contributed by atoms with van der Waals surface area (Å²) in [7, 11) is 0. The van der Waals surface area contributed by atoms with Crippen LogP contribution >= 0.6 is 0 Å². The SMILES string of the molecule is Cc1onc(-c2ccccc2)c1CNC(=O)NC1CCN(C(=O)OCc2ccccc2)CC1. The number of ether oxygens (including phenoxy) is 1. The number of carbonyl (C=O) groups is 2. The first-order chi connectivity index (χ1) is 16.1. The van der Waals surface area contributed by atoms with Gasteiger partial charge in [-0.2, -0.15) is 0 Å². The van der Waals surface area contributed by atoms with Crippen LogP contribution in [0.2, 0.25) is 0 Å². The molecule has 172 valence electrons. The number of likely N-dealkylation sites (tertiary alicyclic amines) is 1. The van der Waals surface area contributed by atoms with Crippen molar-refractivity contribution in [1.82, 2.24) is 20.7 Å². The fraction of sp³-hybridized carbons (Fsp3) is 0.320. The Bertz CT molecular complexity index is 1060. The molecule has 1 aliphatic rings. The summed E-state index contributed by atoms with van der Waals surface area (Å²) in [6.45, 7) is 3.49. The second-order valence-corrected chi connectivity index (χ2v) is 8.06. The highest BCUT2D eigenvalue weighted by Gasteiger charge is 2.25. The number of carbonyl (C=O) groups excluding carboxylic acids is 2. The second kappa shape index (κ2) is 10.7. The molecule has 2 aromatic carbocycles. The van der Waals surface area contributed by atoms with Crippen molar-refractivity contribution < 1.29 is 18.8 Å². The van der Waals surface area contributed by atoms with Gasteiger partial charge in [0.2, 0.25) is 0 Å². The normalized spacial score (nSPS) is 14.0. The number of piperidine rings is 1. The van der Waals surface area contributed by atoms with Crippen molar-refractivity contribution in [3.63, 3.8) is 0 Å². The number of amides is 3. The minimum Gasteiger partial charge on any atom is -0.445 e. The number of rotatable bonds is 6. The number of aryl methyl sites for hydroxylation is 1. The second-order valence-electron chi connectivity index (χ2n) is 8.06. The number of aromatic nitrogens is 1. The van der Waals surface area contributed by atoms with E-state index < -0.39 is 0 Å². The number of hydrogen-bond donors (Lipinski definition) is 2. The molecule has 0 atom stereocenters. The smallest absolute Gasteiger partial charge is 0.410 e. The monoisotopic (exact) mass is 448 g/mol. The van der Waals surface area contributed by atoms with Gasteiger partial charge < -0.3 is 24.8 Å². The summed E-state index contributed by atoms with van der Waals surface area (Å²) in [6.07, 6.45) is 1.03. The molecule has 8 nitrogen and oxygen atoms in total. The summed E-state index contributed by atoms with van der Waals surface area (Å²) in [5, 5.41) is 10.0. The van der Waals surface area contributed by atoms with E-state index in [1.807, 2.05) is 67.6 Å². The van der Waals surface area contributed by atoms with Crippen molar-refractivity contribution in [1.29, 1.82) is 0 Å². The molecule has 1 saturated heterocycles. The average molecular weight is 449 g/mol. The molecule has 1 aromatic heterocycles. The number of nitrogens with zero attached hydrogens (tertiary/aromatic N) is 2. The third-order valence-electron chi connectivity index (χ3n) is 5.75. The van der Waals surface area contributed by atoms with E-state index in [-0.39, 0.29) is 24.8 Å². The number of nitrogens with one attached hydrogen (secondary N) is 2. The fourth-order valence-corrected chi connectivity index (χ4v) is 3.84. The summed E-state index contributed by atoms with van der Waals surface area (Å²) in [4.78, 5) is 26.5. The molecule has 0 radical (unpaired) electrons. The quantitative estimate of drug-likeness (QED) is 0.588. The zero-order valence-electron chi connectivity index (χ0n) is 18.6. The number of urea groups is 1. The van der Waals surface area contributed by atoms with Gasteiger partial charge in [0.25, 0.3) is 0 Å². The summed E-state index contributed by atoms with van der Waals surface area (Å²) in [6, 6.07) is 19.1. The minimum absolute atomic E-state index is 0.000314. The van der Waals surface area contributed by atoms with Crippen molar-refractivity contribution in [3.8, 4) is 11.3 Å². The van der Waals surface area contributed by atoms with Gasteiger partial charge in [-0.1, -0.05) is 65.8 Å². The third kappa shape index (κ3) is 5.91. The van der Waals surface area contributed by atoms with Crippen LogP contribution in [-0.2, 0) is 17.9 Å². The van der Waals surface area contributed by atoms with Crippen molar-refractivity contribution in [2.45, 2.75) is 39.0 Å². The molecule has 1 aliphatic heterocycles. The van der Waals surface area contributed by atoms with Gasteiger partial charge in [-0.25, -0.2) is 9.59 Å². The largest absolute Gasteiger partial charge is 0.445 e. The molecule has 33 heavy (non-hydrogen) atoms.